The lowest BCUT2D eigenvalue weighted by Gasteiger charge is -2.15. The van der Waals surface area contributed by atoms with Crippen LogP contribution in [0.25, 0.3) is 0 Å². The van der Waals surface area contributed by atoms with Gasteiger partial charge in [0.25, 0.3) is 5.91 Å². The summed E-state index contributed by atoms with van der Waals surface area (Å²) in [7, 11) is 0. The number of carbonyl (C=O) groups is 1. The lowest BCUT2D eigenvalue weighted by Crippen LogP contribution is -2.36. The third-order valence-corrected chi connectivity index (χ3v) is 3.95. The van der Waals surface area contributed by atoms with Crippen molar-refractivity contribution in [2.45, 2.75) is 45.8 Å². The van der Waals surface area contributed by atoms with E-state index in [0.717, 1.165) is 18.6 Å². The van der Waals surface area contributed by atoms with E-state index in [9.17, 15) is 4.79 Å². The monoisotopic (exact) mass is 375 g/mol. The minimum Gasteiger partial charge on any atom is -0.491 e. The molecule has 4 nitrogen and oxygen atoms in total. The van der Waals surface area contributed by atoms with Crippen molar-refractivity contribution in [2.24, 2.45) is 0 Å². The third-order valence-electron chi connectivity index (χ3n) is 3.71. The second kappa shape index (κ2) is 10.1. The summed E-state index contributed by atoms with van der Waals surface area (Å²) in [6.45, 7) is 6.34. The minimum absolute atomic E-state index is 0.134. The molecule has 0 aliphatic carbocycles. The second-order valence-corrected chi connectivity index (χ2v) is 6.86. The Morgan fingerprint density at radius 2 is 1.77 bits per heavy atom. The maximum absolute atomic E-state index is 12.1. The zero-order chi connectivity index (χ0) is 18.9. The molecule has 0 spiro atoms. The first-order valence-corrected chi connectivity index (χ1v) is 9.27. The van der Waals surface area contributed by atoms with Crippen molar-refractivity contribution in [3.8, 4) is 11.5 Å². The standard InChI is InChI=1S/C21H26ClNO3/c1-15(2)25-19-11-9-17(10-12-19)6-5-13-23-21(24)16(3)26-20-8-4-7-18(22)14-20/h4,7-12,14-16H,5-6,13H2,1-3H3,(H,23,24)/t16-/m1/s1. The average Bonchev–Trinajstić information content (AvgIpc) is 2.59. The van der Waals surface area contributed by atoms with E-state index in [0.29, 0.717) is 17.3 Å². The van der Waals surface area contributed by atoms with E-state index in [1.165, 1.54) is 5.56 Å². The van der Waals surface area contributed by atoms with Gasteiger partial charge < -0.3 is 14.8 Å². The Balaban J connectivity index is 1.69. The molecule has 1 atom stereocenters. The highest BCUT2D eigenvalue weighted by molar-refractivity contribution is 6.30. The molecule has 2 aromatic rings. The first-order chi connectivity index (χ1) is 12.4. The van der Waals surface area contributed by atoms with Crippen LogP contribution >= 0.6 is 11.6 Å². The van der Waals surface area contributed by atoms with Gasteiger partial charge in [-0.1, -0.05) is 29.8 Å². The van der Waals surface area contributed by atoms with Crippen LogP contribution in [-0.2, 0) is 11.2 Å². The van der Waals surface area contributed by atoms with Crippen molar-refractivity contribution >= 4 is 17.5 Å². The topological polar surface area (TPSA) is 47.6 Å². The Bertz CT molecular complexity index is 701. The van der Waals surface area contributed by atoms with E-state index in [-0.39, 0.29) is 12.0 Å². The van der Waals surface area contributed by atoms with Gasteiger partial charge in [0, 0.05) is 11.6 Å². The summed E-state index contributed by atoms with van der Waals surface area (Å²) < 4.78 is 11.2. The number of hydrogen-bond donors (Lipinski definition) is 1. The number of amides is 1. The van der Waals surface area contributed by atoms with Crippen LogP contribution < -0.4 is 14.8 Å². The van der Waals surface area contributed by atoms with Gasteiger partial charge in [-0.05, 0) is 69.5 Å². The summed E-state index contributed by atoms with van der Waals surface area (Å²) >= 11 is 5.91. The van der Waals surface area contributed by atoms with E-state index < -0.39 is 6.10 Å². The van der Waals surface area contributed by atoms with E-state index in [2.05, 4.69) is 17.4 Å². The van der Waals surface area contributed by atoms with Crippen LogP contribution in [0.15, 0.2) is 48.5 Å². The highest BCUT2D eigenvalue weighted by Gasteiger charge is 2.14. The molecular weight excluding hydrogens is 350 g/mol. The summed E-state index contributed by atoms with van der Waals surface area (Å²) in [5.74, 6) is 1.33. The van der Waals surface area contributed by atoms with Gasteiger partial charge in [-0.25, -0.2) is 0 Å². The number of rotatable bonds is 9. The van der Waals surface area contributed by atoms with Gasteiger partial charge in [-0.15, -0.1) is 0 Å². The Kier molecular flexibility index (Phi) is 7.79. The molecule has 0 fully saturated rings. The summed E-state index contributed by atoms with van der Waals surface area (Å²) in [5.41, 5.74) is 1.22. The molecule has 0 heterocycles. The van der Waals surface area contributed by atoms with Crippen molar-refractivity contribution in [2.75, 3.05) is 6.54 Å². The number of hydrogen-bond acceptors (Lipinski definition) is 3. The molecule has 0 aliphatic heterocycles. The van der Waals surface area contributed by atoms with Crippen molar-refractivity contribution < 1.29 is 14.3 Å². The van der Waals surface area contributed by atoms with E-state index >= 15 is 0 Å². The minimum atomic E-state index is -0.569. The highest BCUT2D eigenvalue weighted by Crippen LogP contribution is 2.18. The average molecular weight is 376 g/mol. The van der Waals surface area contributed by atoms with Crippen LogP contribution in [0.5, 0.6) is 11.5 Å². The lowest BCUT2D eigenvalue weighted by molar-refractivity contribution is -0.127. The predicted molar refractivity (Wildman–Crippen MR) is 105 cm³/mol. The molecule has 140 valence electrons. The molecule has 2 aromatic carbocycles. The number of ether oxygens (including phenoxy) is 2. The zero-order valence-electron chi connectivity index (χ0n) is 15.5. The molecule has 0 saturated heterocycles. The molecule has 1 amide bonds. The molecule has 0 saturated carbocycles. The van der Waals surface area contributed by atoms with E-state index in [4.69, 9.17) is 21.1 Å². The van der Waals surface area contributed by atoms with Gasteiger partial charge in [0.05, 0.1) is 6.10 Å². The fraction of sp³-hybridized carbons (Fsp3) is 0.381. The zero-order valence-corrected chi connectivity index (χ0v) is 16.3. The summed E-state index contributed by atoms with van der Waals surface area (Å²) in [6.07, 6.45) is 1.36. The molecule has 2 rings (SSSR count). The highest BCUT2D eigenvalue weighted by atomic mass is 35.5. The molecule has 0 radical (unpaired) electrons. The summed E-state index contributed by atoms with van der Waals surface area (Å²) in [6, 6.07) is 15.1. The number of aryl methyl sites for hydroxylation is 1. The number of benzene rings is 2. The third kappa shape index (κ3) is 6.96. The maximum Gasteiger partial charge on any atom is 0.260 e. The molecule has 1 N–H and O–H groups in total. The van der Waals surface area contributed by atoms with Gasteiger partial charge >= 0.3 is 0 Å². The van der Waals surface area contributed by atoms with Gasteiger partial charge in [-0.2, -0.15) is 0 Å². The smallest absolute Gasteiger partial charge is 0.260 e. The van der Waals surface area contributed by atoms with Crippen LogP contribution in [0, 0.1) is 0 Å². The van der Waals surface area contributed by atoms with Crippen LogP contribution in [0.3, 0.4) is 0 Å². The second-order valence-electron chi connectivity index (χ2n) is 6.42. The maximum atomic E-state index is 12.1. The van der Waals surface area contributed by atoms with Crippen molar-refractivity contribution in [1.82, 2.24) is 5.32 Å². The van der Waals surface area contributed by atoms with Gasteiger partial charge in [0.15, 0.2) is 6.10 Å². The van der Waals surface area contributed by atoms with Crippen molar-refractivity contribution in [3.63, 3.8) is 0 Å². The Hall–Kier alpha value is -2.20. The quantitative estimate of drug-likeness (QED) is 0.649. The Morgan fingerprint density at radius 1 is 1.04 bits per heavy atom. The number of carbonyl (C=O) groups excluding carboxylic acids is 1. The molecule has 0 aliphatic rings. The van der Waals surface area contributed by atoms with Crippen LogP contribution in [-0.4, -0.2) is 24.7 Å². The molecule has 26 heavy (non-hydrogen) atoms. The van der Waals surface area contributed by atoms with Crippen LogP contribution in [0.2, 0.25) is 5.02 Å². The number of halogens is 1. The lowest BCUT2D eigenvalue weighted by atomic mass is 10.1. The molecule has 0 aromatic heterocycles. The van der Waals surface area contributed by atoms with Gasteiger partial charge in [-0.3, -0.25) is 4.79 Å². The van der Waals surface area contributed by atoms with Gasteiger partial charge in [0.1, 0.15) is 11.5 Å². The molecule has 5 heteroatoms. The molecule has 0 bridgehead atoms. The largest absolute Gasteiger partial charge is 0.491 e. The Morgan fingerprint density at radius 3 is 2.42 bits per heavy atom. The first kappa shape index (κ1) is 20.1. The van der Waals surface area contributed by atoms with E-state index in [1.54, 1.807) is 31.2 Å². The molecule has 0 unspecified atom stereocenters. The Labute approximate surface area is 160 Å². The predicted octanol–water partition coefficient (Wildman–Crippen LogP) is 4.64. The van der Waals surface area contributed by atoms with Gasteiger partial charge in [0.2, 0.25) is 0 Å². The summed E-state index contributed by atoms with van der Waals surface area (Å²) in [4.78, 5) is 12.1. The van der Waals surface area contributed by atoms with E-state index in [1.807, 2.05) is 26.0 Å². The molecular formula is C21H26ClNO3. The van der Waals surface area contributed by atoms with Crippen LogP contribution in [0.4, 0.5) is 0 Å². The SMILES string of the molecule is CC(C)Oc1ccc(CCCNC(=O)[C@@H](C)Oc2cccc(Cl)c2)cc1. The van der Waals surface area contributed by atoms with Crippen molar-refractivity contribution in [3.05, 3.63) is 59.1 Å². The normalized spacial score (nSPS) is 11.9. The first-order valence-electron chi connectivity index (χ1n) is 8.89. The number of nitrogens with one attached hydrogen (secondary N) is 1. The fourth-order valence-corrected chi connectivity index (χ4v) is 2.63. The van der Waals surface area contributed by atoms with Crippen molar-refractivity contribution in [1.29, 1.82) is 0 Å². The van der Waals surface area contributed by atoms with Crippen LogP contribution in [0.1, 0.15) is 32.8 Å². The summed E-state index contributed by atoms with van der Waals surface area (Å²) in [5, 5.41) is 3.49. The fourth-order valence-electron chi connectivity index (χ4n) is 2.45.